The molecule has 1 N–H and O–H groups in total. The van der Waals surface area contributed by atoms with Crippen molar-refractivity contribution in [2.45, 2.75) is 18.6 Å². The summed E-state index contributed by atoms with van der Waals surface area (Å²) in [6.45, 7) is 0. The van der Waals surface area contributed by atoms with Crippen molar-refractivity contribution in [1.29, 1.82) is 0 Å². The van der Waals surface area contributed by atoms with Crippen molar-refractivity contribution in [1.82, 2.24) is 0 Å². The topological polar surface area (TPSA) is 40.5 Å². The van der Waals surface area contributed by atoms with E-state index in [9.17, 15) is 36.2 Å². The van der Waals surface area contributed by atoms with Gasteiger partial charge in [-0.15, -0.1) is 0 Å². The lowest BCUT2D eigenvalue weighted by Crippen LogP contribution is -2.28. The van der Waals surface area contributed by atoms with Crippen molar-refractivity contribution in [3.63, 3.8) is 0 Å². The first-order chi connectivity index (χ1) is 11.5. The summed E-state index contributed by atoms with van der Waals surface area (Å²) in [4.78, 5) is 12.8. The van der Waals surface area contributed by atoms with E-state index in [0.29, 0.717) is 17.0 Å². The van der Waals surface area contributed by atoms with Gasteiger partial charge in [0.25, 0.3) is 5.91 Å². The van der Waals surface area contributed by atoms with Gasteiger partial charge in [-0.2, -0.15) is 26.3 Å². The second-order valence-corrected chi connectivity index (χ2v) is 5.40. The Hall–Kier alpha value is -2.55. The van der Waals surface area contributed by atoms with Crippen molar-refractivity contribution in [2.75, 3.05) is 4.90 Å². The average Bonchev–Trinajstić information content (AvgIpc) is 2.77. The van der Waals surface area contributed by atoms with Gasteiger partial charge in [0, 0.05) is 16.8 Å². The molecular weight excluding hydrogens is 352 g/mol. The van der Waals surface area contributed by atoms with Crippen molar-refractivity contribution in [3.05, 3.63) is 64.7 Å². The fourth-order valence-corrected chi connectivity index (χ4v) is 2.63. The number of aliphatic hydroxyl groups excluding tert-OH is 1. The van der Waals surface area contributed by atoms with Crippen LogP contribution in [0.1, 0.15) is 33.3 Å². The Kier molecular flexibility index (Phi) is 3.79. The molecule has 0 bridgehead atoms. The fourth-order valence-electron chi connectivity index (χ4n) is 2.63. The highest BCUT2D eigenvalue weighted by molar-refractivity contribution is 6.10. The summed E-state index contributed by atoms with van der Waals surface area (Å²) >= 11 is 0. The van der Waals surface area contributed by atoms with Crippen LogP contribution in [-0.2, 0) is 12.4 Å². The van der Waals surface area contributed by atoms with Crippen LogP contribution in [0.3, 0.4) is 0 Å². The van der Waals surface area contributed by atoms with Crippen LogP contribution in [0, 0.1) is 0 Å². The smallest absolute Gasteiger partial charge is 0.369 e. The van der Waals surface area contributed by atoms with E-state index in [0.717, 1.165) is 0 Å². The molecule has 0 saturated heterocycles. The lowest BCUT2D eigenvalue weighted by atomic mass is 10.1. The molecule has 1 aliphatic rings. The van der Waals surface area contributed by atoms with E-state index in [-0.39, 0.29) is 17.2 Å². The maximum Gasteiger partial charge on any atom is 0.416 e. The van der Waals surface area contributed by atoms with E-state index in [1.807, 2.05) is 0 Å². The number of hydrogen-bond acceptors (Lipinski definition) is 2. The summed E-state index contributed by atoms with van der Waals surface area (Å²) in [7, 11) is 0. The van der Waals surface area contributed by atoms with Crippen LogP contribution < -0.4 is 4.90 Å². The largest absolute Gasteiger partial charge is 0.416 e. The van der Waals surface area contributed by atoms with Gasteiger partial charge in [0.15, 0.2) is 6.23 Å². The number of alkyl halides is 6. The fraction of sp³-hybridized carbons (Fsp3) is 0.188. The third-order valence-corrected chi connectivity index (χ3v) is 3.78. The zero-order valence-electron chi connectivity index (χ0n) is 12.2. The van der Waals surface area contributed by atoms with E-state index in [4.69, 9.17) is 0 Å². The number of halogens is 6. The molecule has 3 nitrogen and oxygen atoms in total. The lowest BCUT2D eigenvalue weighted by molar-refractivity contribution is -0.143. The number of amides is 1. The van der Waals surface area contributed by atoms with Crippen LogP contribution in [0.5, 0.6) is 0 Å². The molecule has 0 saturated carbocycles. The Balaban J connectivity index is 2.16. The van der Waals surface area contributed by atoms with Gasteiger partial charge in [-0.3, -0.25) is 9.69 Å². The van der Waals surface area contributed by atoms with Crippen molar-refractivity contribution in [2.24, 2.45) is 0 Å². The summed E-state index contributed by atoms with van der Waals surface area (Å²) in [5.74, 6) is -0.879. The Labute approximate surface area is 137 Å². The van der Waals surface area contributed by atoms with Gasteiger partial charge in [-0.1, -0.05) is 18.2 Å². The maximum absolute atomic E-state index is 12.9. The number of anilines is 1. The van der Waals surface area contributed by atoms with Crippen LogP contribution >= 0.6 is 0 Å². The molecule has 25 heavy (non-hydrogen) atoms. The maximum atomic E-state index is 12.9. The summed E-state index contributed by atoms with van der Waals surface area (Å²) in [6, 6.07) is 6.44. The number of fused-ring (bicyclic) bond motifs is 1. The highest BCUT2D eigenvalue weighted by Gasteiger charge is 2.41. The number of hydrogen-bond donors (Lipinski definition) is 1. The van der Waals surface area contributed by atoms with Gasteiger partial charge in [0.05, 0.1) is 11.1 Å². The molecular formula is C16H9F6NO2. The van der Waals surface area contributed by atoms with Crippen LogP contribution in [0.25, 0.3) is 0 Å². The molecule has 9 heteroatoms. The van der Waals surface area contributed by atoms with Crippen LogP contribution in [0.15, 0.2) is 42.5 Å². The molecule has 0 aliphatic carbocycles. The van der Waals surface area contributed by atoms with E-state index >= 15 is 0 Å². The molecule has 3 rings (SSSR count). The number of carbonyl (C=O) groups is 1. The second kappa shape index (κ2) is 5.48. The molecule has 0 unspecified atom stereocenters. The third kappa shape index (κ3) is 2.95. The average molecular weight is 361 g/mol. The molecule has 1 atom stereocenters. The van der Waals surface area contributed by atoms with Gasteiger partial charge in [-0.25, -0.2) is 0 Å². The first-order valence-electron chi connectivity index (χ1n) is 6.90. The first-order valence-corrected chi connectivity index (χ1v) is 6.90. The van der Waals surface area contributed by atoms with E-state index in [1.54, 1.807) is 0 Å². The summed E-state index contributed by atoms with van der Waals surface area (Å²) in [5, 5.41) is 10.2. The Morgan fingerprint density at radius 1 is 0.880 bits per heavy atom. The highest BCUT2D eigenvalue weighted by atomic mass is 19.4. The standard InChI is InChI=1S/C16H9F6NO2/c17-15(18,19)8-5-9(16(20,21)22)7-10(6-8)23-13(24)11-3-1-2-4-12(11)14(23)25/h1-7,13,24H/t13-/m1/s1. The lowest BCUT2D eigenvalue weighted by Gasteiger charge is -2.23. The number of nitrogens with zero attached hydrogens (tertiary/aromatic N) is 1. The Bertz CT molecular complexity index is 811. The van der Waals surface area contributed by atoms with Crippen molar-refractivity contribution >= 4 is 11.6 Å². The number of rotatable bonds is 1. The molecule has 2 aromatic carbocycles. The molecule has 1 amide bonds. The Morgan fingerprint density at radius 3 is 1.88 bits per heavy atom. The molecule has 1 heterocycles. The SMILES string of the molecule is O=C1c2ccccc2[C@@H](O)N1c1cc(C(F)(F)F)cc(C(F)(F)F)c1. The molecule has 0 radical (unpaired) electrons. The Morgan fingerprint density at radius 2 is 1.40 bits per heavy atom. The van der Waals surface area contributed by atoms with Crippen molar-refractivity contribution in [3.8, 4) is 0 Å². The van der Waals surface area contributed by atoms with Gasteiger partial charge in [0.1, 0.15) is 0 Å². The quantitative estimate of drug-likeness (QED) is 0.766. The summed E-state index contributed by atoms with van der Waals surface area (Å²) < 4.78 is 77.7. The summed E-state index contributed by atoms with van der Waals surface area (Å²) in [6.07, 6.45) is -11.8. The molecule has 1 aliphatic heterocycles. The number of carbonyl (C=O) groups excluding carboxylic acids is 1. The zero-order chi connectivity index (χ0) is 18.6. The zero-order valence-corrected chi connectivity index (χ0v) is 12.2. The molecule has 0 fully saturated rings. The van der Waals surface area contributed by atoms with Gasteiger partial charge < -0.3 is 5.11 Å². The monoisotopic (exact) mass is 361 g/mol. The first kappa shape index (κ1) is 17.3. The predicted octanol–water partition coefficient (Wildman–Crippen LogP) is 4.38. The minimum Gasteiger partial charge on any atom is -0.369 e. The van der Waals surface area contributed by atoms with Gasteiger partial charge >= 0.3 is 12.4 Å². The minimum atomic E-state index is -5.05. The minimum absolute atomic E-state index is 0.0148. The van der Waals surface area contributed by atoms with Crippen LogP contribution in [0.4, 0.5) is 32.0 Å². The molecule has 0 aromatic heterocycles. The normalized spacial score (nSPS) is 17.8. The van der Waals surface area contributed by atoms with Gasteiger partial charge in [0.2, 0.25) is 0 Å². The third-order valence-electron chi connectivity index (χ3n) is 3.78. The van der Waals surface area contributed by atoms with E-state index in [2.05, 4.69) is 0 Å². The van der Waals surface area contributed by atoms with E-state index < -0.39 is 41.3 Å². The van der Waals surface area contributed by atoms with Crippen molar-refractivity contribution < 1.29 is 36.2 Å². The highest BCUT2D eigenvalue weighted by Crippen LogP contribution is 2.42. The van der Waals surface area contributed by atoms with Crippen LogP contribution in [-0.4, -0.2) is 11.0 Å². The van der Waals surface area contributed by atoms with Crippen LogP contribution in [0.2, 0.25) is 0 Å². The molecule has 2 aromatic rings. The number of aliphatic hydroxyl groups is 1. The number of benzene rings is 2. The van der Waals surface area contributed by atoms with E-state index in [1.165, 1.54) is 24.3 Å². The summed E-state index contributed by atoms with van der Waals surface area (Å²) in [5.41, 5.74) is -3.68. The predicted molar refractivity (Wildman–Crippen MR) is 74.7 cm³/mol. The second-order valence-electron chi connectivity index (χ2n) is 5.40. The molecule has 132 valence electrons. The van der Waals surface area contributed by atoms with Gasteiger partial charge in [-0.05, 0) is 24.3 Å². The molecule has 0 spiro atoms.